The third-order valence-electron chi connectivity index (χ3n) is 2.69. The molecule has 118 valence electrons. The summed E-state index contributed by atoms with van der Waals surface area (Å²) in [6.45, 7) is 2.16. The zero-order chi connectivity index (χ0) is 16.0. The van der Waals surface area contributed by atoms with Gasteiger partial charge < -0.3 is 5.32 Å². The molecule has 0 aliphatic carbocycles. The maximum absolute atomic E-state index is 13.7. The van der Waals surface area contributed by atoms with Crippen LogP contribution in [-0.4, -0.2) is 33.7 Å². The van der Waals surface area contributed by atoms with Crippen molar-refractivity contribution in [1.29, 1.82) is 0 Å². The Balaban J connectivity index is 2.90. The second-order valence-electron chi connectivity index (χ2n) is 4.53. The van der Waals surface area contributed by atoms with Crippen molar-refractivity contribution >= 4 is 21.6 Å². The van der Waals surface area contributed by atoms with Gasteiger partial charge in [0.1, 0.15) is 11.6 Å². The van der Waals surface area contributed by atoms with Gasteiger partial charge in [0.25, 0.3) is 0 Å². The summed E-state index contributed by atoms with van der Waals surface area (Å²) in [5, 5.41) is 2.60. The van der Waals surface area contributed by atoms with E-state index in [1.54, 1.807) is 0 Å². The van der Waals surface area contributed by atoms with E-state index in [1.165, 1.54) is 0 Å². The van der Waals surface area contributed by atoms with Crippen LogP contribution < -0.4 is 9.62 Å². The lowest BCUT2D eigenvalue weighted by Gasteiger charge is -2.22. The largest absolute Gasteiger partial charge is 0.356 e. The Morgan fingerprint density at radius 3 is 2.52 bits per heavy atom. The Morgan fingerprint density at radius 2 is 2.00 bits per heavy atom. The van der Waals surface area contributed by atoms with Crippen molar-refractivity contribution in [2.75, 3.05) is 23.7 Å². The van der Waals surface area contributed by atoms with Gasteiger partial charge in [0, 0.05) is 25.6 Å². The highest BCUT2D eigenvalue weighted by atomic mass is 32.2. The molecule has 0 atom stereocenters. The quantitative estimate of drug-likeness (QED) is 0.831. The third-order valence-corrected chi connectivity index (χ3v) is 3.87. The number of benzene rings is 1. The molecule has 1 N–H and O–H groups in total. The Hall–Kier alpha value is -1.70. The molecular weight excluding hydrogens is 302 g/mol. The molecule has 0 fully saturated rings. The van der Waals surface area contributed by atoms with Crippen LogP contribution in [-0.2, 0) is 14.8 Å². The van der Waals surface area contributed by atoms with E-state index in [2.05, 4.69) is 5.32 Å². The van der Waals surface area contributed by atoms with Crippen molar-refractivity contribution in [3.63, 3.8) is 0 Å². The maximum atomic E-state index is 13.7. The summed E-state index contributed by atoms with van der Waals surface area (Å²) in [4.78, 5) is 11.5. The SMILES string of the molecule is CCCNC(=O)CCN(c1ccc(F)cc1F)S(C)(=O)=O. The van der Waals surface area contributed by atoms with Crippen LogP contribution in [0.5, 0.6) is 0 Å². The van der Waals surface area contributed by atoms with E-state index in [1.807, 2.05) is 6.92 Å². The highest BCUT2D eigenvalue weighted by Crippen LogP contribution is 2.22. The summed E-state index contributed by atoms with van der Waals surface area (Å²) in [5.41, 5.74) is -0.276. The molecule has 0 aromatic heterocycles. The first-order valence-electron chi connectivity index (χ1n) is 6.45. The lowest BCUT2D eigenvalue weighted by molar-refractivity contribution is -0.120. The van der Waals surface area contributed by atoms with Gasteiger partial charge >= 0.3 is 0 Å². The Morgan fingerprint density at radius 1 is 1.33 bits per heavy atom. The number of hydrogen-bond acceptors (Lipinski definition) is 3. The molecule has 1 rings (SSSR count). The molecule has 0 saturated heterocycles. The van der Waals surface area contributed by atoms with Gasteiger partial charge in [-0.3, -0.25) is 9.10 Å². The monoisotopic (exact) mass is 320 g/mol. The molecule has 21 heavy (non-hydrogen) atoms. The molecule has 1 aromatic rings. The fourth-order valence-corrected chi connectivity index (χ4v) is 2.63. The number of carbonyl (C=O) groups excluding carboxylic acids is 1. The van der Waals surface area contributed by atoms with Crippen LogP contribution in [0.4, 0.5) is 14.5 Å². The first-order valence-corrected chi connectivity index (χ1v) is 8.30. The molecule has 5 nitrogen and oxygen atoms in total. The highest BCUT2D eigenvalue weighted by molar-refractivity contribution is 7.92. The standard InChI is InChI=1S/C13H18F2N2O3S/c1-3-7-16-13(18)6-8-17(21(2,19)20)12-5-4-10(14)9-11(12)15/h4-5,9H,3,6-8H2,1-2H3,(H,16,18). The van der Waals surface area contributed by atoms with E-state index >= 15 is 0 Å². The van der Waals surface area contributed by atoms with E-state index in [-0.39, 0.29) is 24.6 Å². The van der Waals surface area contributed by atoms with Crippen molar-refractivity contribution in [1.82, 2.24) is 5.32 Å². The van der Waals surface area contributed by atoms with Gasteiger partial charge in [-0.25, -0.2) is 17.2 Å². The van der Waals surface area contributed by atoms with E-state index in [9.17, 15) is 22.0 Å². The fraction of sp³-hybridized carbons (Fsp3) is 0.462. The van der Waals surface area contributed by atoms with Crippen molar-refractivity contribution in [2.45, 2.75) is 19.8 Å². The van der Waals surface area contributed by atoms with Crippen LogP contribution in [0.3, 0.4) is 0 Å². The normalized spacial score (nSPS) is 11.2. The molecule has 8 heteroatoms. The molecule has 0 aliphatic rings. The van der Waals surface area contributed by atoms with Crippen molar-refractivity contribution < 1.29 is 22.0 Å². The zero-order valence-electron chi connectivity index (χ0n) is 11.9. The predicted octanol–water partition coefficient (Wildman–Crippen LogP) is 1.65. The molecule has 0 heterocycles. The van der Waals surface area contributed by atoms with Crippen LogP contribution in [0.2, 0.25) is 0 Å². The van der Waals surface area contributed by atoms with Crippen LogP contribution >= 0.6 is 0 Å². The maximum Gasteiger partial charge on any atom is 0.232 e. The van der Waals surface area contributed by atoms with Gasteiger partial charge in [-0.1, -0.05) is 6.92 Å². The third kappa shape index (κ3) is 5.30. The molecule has 0 saturated carbocycles. The highest BCUT2D eigenvalue weighted by Gasteiger charge is 2.21. The van der Waals surface area contributed by atoms with E-state index in [4.69, 9.17) is 0 Å². The van der Waals surface area contributed by atoms with Crippen LogP contribution in [0, 0.1) is 11.6 Å². The smallest absolute Gasteiger partial charge is 0.232 e. The molecule has 1 amide bonds. The summed E-state index contributed by atoms with van der Waals surface area (Å²) in [5.74, 6) is -2.12. The van der Waals surface area contributed by atoms with E-state index in [0.29, 0.717) is 12.6 Å². The minimum atomic E-state index is -3.78. The summed E-state index contributed by atoms with van der Waals surface area (Å²) in [6.07, 6.45) is 1.55. The summed E-state index contributed by atoms with van der Waals surface area (Å²) >= 11 is 0. The van der Waals surface area contributed by atoms with Crippen molar-refractivity contribution in [2.24, 2.45) is 0 Å². The average molecular weight is 320 g/mol. The van der Waals surface area contributed by atoms with Crippen molar-refractivity contribution in [3.05, 3.63) is 29.8 Å². The lowest BCUT2D eigenvalue weighted by Crippen LogP contribution is -2.35. The number of nitrogens with one attached hydrogen (secondary N) is 1. The molecule has 0 bridgehead atoms. The number of halogens is 2. The molecule has 0 aliphatic heterocycles. The van der Waals surface area contributed by atoms with Gasteiger partial charge in [0.15, 0.2) is 0 Å². The van der Waals surface area contributed by atoms with Crippen molar-refractivity contribution in [3.8, 4) is 0 Å². The number of rotatable bonds is 7. The average Bonchev–Trinajstić information content (AvgIpc) is 2.37. The second-order valence-corrected chi connectivity index (χ2v) is 6.44. The Kier molecular flexibility index (Phi) is 6.07. The number of nitrogens with zero attached hydrogens (tertiary/aromatic N) is 1. The first kappa shape index (κ1) is 17.4. The summed E-state index contributed by atoms with van der Waals surface area (Å²) in [7, 11) is -3.78. The predicted molar refractivity (Wildman–Crippen MR) is 76.5 cm³/mol. The van der Waals surface area contributed by atoms with Gasteiger partial charge in [-0.05, 0) is 18.6 Å². The number of sulfonamides is 1. The summed E-state index contributed by atoms with van der Waals surface area (Å²) < 4.78 is 50.8. The number of anilines is 1. The molecule has 0 spiro atoms. The van der Waals surface area contributed by atoms with E-state index in [0.717, 1.165) is 29.1 Å². The topological polar surface area (TPSA) is 66.5 Å². The summed E-state index contributed by atoms with van der Waals surface area (Å²) in [6, 6.07) is 2.61. The van der Waals surface area contributed by atoms with Crippen LogP contribution in [0.25, 0.3) is 0 Å². The van der Waals surface area contributed by atoms with Gasteiger partial charge in [-0.2, -0.15) is 0 Å². The number of carbonyl (C=O) groups is 1. The van der Waals surface area contributed by atoms with Crippen LogP contribution in [0.1, 0.15) is 19.8 Å². The Labute approximate surface area is 123 Å². The molecule has 1 aromatic carbocycles. The zero-order valence-corrected chi connectivity index (χ0v) is 12.7. The molecule has 0 radical (unpaired) electrons. The molecule has 0 unspecified atom stereocenters. The minimum Gasteiger partial charge on any atom is -0.356 e. The minimum absolute atomic E-state index is 0.107. The van der Waals surface area contributed by atoms with Gasteiger partial charge in [0.05, 0.1) is 11.9 Å². The lowest BCUT2D eigenvalue weighted by atomic mass is 10.3. The Bertz CT molecular complexity index is 605. The second kappa shape index (κ2) is 7.35. The van der Waals surface area contributed by atoms with Gasteiger partial charge in [-0.15, -0.1) is 0 Å². The molecular formula is C13H18F2N2O3S. The van der Waals surface area contributed by atoms with Crippen LogP contribution in [0.15, 0.2) is 18.2 Å². The van der Waals surface area contributed by atoms with E-state index < -0.39 is 21.7 Å². The first-order chi connectivity index (χ1) is 9.75. The number of hydrogen-bond donors (Lipinski definition) is 1. The van der Waals surface area contributed by atoms with Gasteiger partial charge in [0.2, 0.25) is 15.9 Å². The number of amides is 1. The fourth-order valence-electron chi connectivity index (χ4n) is 1.70.